The van der Waals surface area contributed by atoms with Crippen LogP contribution in [0, 0.1) is 11.3 Å². The molecule has 2 aromatic carbocycles. The number of benzene rings is 2. The molecule has 3 aromatic rings. The standard InChI is InChI=1S/C16H13N3O/c1-20-16-8-12(6-7-13(16)9-17)11-19-15-5-3-2-4-14(15)10-18-19/h2-8,10H,11H2,1H3. The van der Waals surface area contributed by atoms with E-state index in [0.717, 1.165) is 16.5 Å². The van der Waals surface area contributed by atoms with Crippen molar-refractivity contribution in [3.63, 3.8) is 0 Å². The lowest BCUT2D eigenvalue weighted by atomic mass is 10.1. The van der Waals surface area contributed by atoms with Gasteiger partial charge in [0.1, 0.15) is 11.8 Å². The summed E-state index contributed by atoms with van der Waals surface area (Å²) in [6.07, 6.45) is 1.86. The van der Waals surface area contributed by atoms with Crippen molar-refractivity contribution in [3.05, 3.63) is 59.8 Å². The fourth-order valence-corrected chi connectivity index (χ4v) is 2.25. The molecule has 0 aliphatic rings. The normalized spacial score (nSPS) is 10.4. The molecule has 0 unspecified atom stereocenters. The Balaban J connectivity index is 1.97. The molecule has 3 rings (SSSR count). The molecule has 0 radical (unpaired) electrons. The van der Waals surface area contributed by atoms with E-state index in [1.54, 1.807) is 13.2 Å². The number of fused-ring (bicyclic) bond motifs is 1. The van der Waals surface area contributed by atoms with Crippen molar-refractivity contribution in [2.45, 2.75) is 6.54 Å². The quantitative estimate of drug-likeness (QED) is 0.730. The summed E-state index contributed by atoms with van der Waals surface area (Å²) in [6.45, 7) is 0.648. The highest BCUT2D eigenvalue weighted by atomic mass is 16.5. The van der Waals surface area contributed by atoms with E-state index < -0.39 is 0 Å². The van der Waals surface area contributed by atoms with Crippen molar-refractivity contribution >= 4 is 10.9 Å². The van der Waals surface area contributed by atoms with Gasteiger partial charge >= 0.3 is 0 Å². The molecule has 98 valence electrons. The van der Waals surface area contributed by atoms with Crippen LogP contribution in [0.15, 0.2) is 48.7 Å². The summed E-state index contributed by atoms with van der Waals surface area (Å²) < 4.78 is 7.17. The topological polar surface area (TPSA) is 50.8 Å². The molecule has 0 bridgehead atoms. The van der Waals surface area contributed by atoms with Crippen LogP contribution >= 0.6 is 0 Å². The minimum Gasteiger partial charge on any atom is -0.495 e. The van der Waals surface area contributed by atoms with Gasteiger partial charge in [0.25, 0.3) is 0 Å². The Morgan fingerprint density at radius 2 is 2.10 bits per heavy atom. The van der Waals surface area contributed by atoms with E-state index in [0.29, 0.717) is 17.9 Å². The molecular formula is C16H13N3O. The second-order valence-electron chi connectivity index (χ2n) is 4.51. The monoisotopic (exact) mass is 263 g/mol. The lowest BCUT2D eigenvalue weighted by molar-refractivity contribution is 0.412. The van der Waals surface area contributed by atoms with E-state index in [1.165, 1.54) is 0 Å². The maximum atomic E-state index is 8.99. The van der Waals surface area contributed by atoms with Gasteiger partial charge in [0.05, 0.1) is 30.9 Å². The van der Waals surface area contributed by atoms with Crippen LogP contribution in [0.3, 0.4) is 0 Å². The lowest BCUT2D eigenvalue weighted by Gasteiger charge is -2.07. The molecule has 1 heterocycles. The number of rotatable bonds is 3. The molecule has 4 heteroatoms. The van der Waals surface area contributed by atoms with Crippen LogP contribution in [0.2, 0.25) is 0 Å². The summed E-state index contributed by atoms with van der Waals surface area (Å²) >= 11 is 0. The predicted molar refractivity (Wildman–Crippen MR) is 76.5 cm³/mol. The minimum atomic E-state index is 0.543. The molecule has 0 fully saturated rings. The summed E-state index contributed by atoms with van der Waals surface area (Å²) in [5.74, 6) is 0.599. The van der Waals surface area contributed by atoms with E-state index in [4.69, 9.17) is 10.00 Å². The van der Waals surface area contributed by atoms with Gasteiger partial charge in [-0.15, -0.1) is 0 Å². The van der Waals surface area contributed by atoms with E-state index in [9.17, 15) is 0 Å². The largest absolute Gasteiger partial charge is 0.495 e. The first-order valence-corrected chi connectivity index (χ1v) is 6.29. The Morgan fingerprint density at radius 1 is 1.25 bits per heavy atom. The maximum absolute atomic E-state index is 8.99. The first-order chi connectivity index (χ1) is 9.81. The Labute approximate surface area is 116 Å². The van der Waals surface area contributed by atoms with Crippen LogP contribution in [-0.4, -0.2) is 16.9 Å². The summed E-state index contributed by atoms with van der Waals surface area (Å²) in [7, 11) is 1.57. The third-order valence-corrected chi connectivity index (χ3v) is 3.27. The van der Waals surface area contributed by atoms with Gasteiger partial charge in [0, 0.05) is 5.39 Å². The molecule has 1 aromatic heterocycles. The Hall–Kier alpha value is -2.80. The molecular weight excluding hydrogens is 250 g/mol. The summed E-state index contributed by atoms with van der Waals surface area (Å²) in [5, 5.41) is 14.5. The van der Waals surface area contributed by atoms with Crippen molar-refractivity contribution in [1.82, 2.24) is 9.78 Å². The first-order valence-electron chi connectivity index (χ1n) is 6.29. The van der Waals surface area contributed by atoms with Gasteiger partial charge in [0.2, 0.25) is 0 Å². The number of para-hydroxylation sites is 1. The Bertz CT molecular complexity index is 799. The van der Waals surface area contributed by atoms with Crippen LogP contribution in [0.25, 0.3) is 10.9 Å². The number of aromatic nitrogens is 2. The first kappa shape index (κ1) is 12.2. The molecule has 0 saturated carbocycles. The van der Waals surface area contributed by atoms with Crippen molar-refractivity contribution in [1.29, 1.82) is 5.26 Å². The third-order valence-electron chi connectivity index (χ3n) is 3.27. The SMILES string of the molecule is COc1cc(Cn2ncc3ccccc32)ccc1C#N. The van der Waals surface area contributed by atoms with Gasteiger partial charge in [-0.05, 0) is 23.8 Å². The predicted octanol–water partition coefficient (Wildman–Crippen LogP) is 2.96. The van der Waals surface area contributed by atoms with Crippen molar-refractivity contribution < 1.29 is 4.74 Å². The smallest absolute Gasteiger partial charge is 0.136 e. The minimum absolute atomic E-state index is 0.543. The van der Waals surface area contributed by atoms with Crippen molar-refractivity contribution in [3.8, 4) is 11.8 Å². The second-order valence-corrected chi connectivity index (χ2v) is 4.51. The van der Waals surface area contributed by atoms with E-state index in [2.05, 4.69) is 11.2 Å². The molecule has 0 aliphatic heterocycles. The zero-order valence-electron chi connectivity index (χ0n) is 11.1. The highest BCUT2D eigenvalue weighted by Crippen LogP contribution is 2.21. The molecule has 0 atom stereocenters. The number of ether oxygens (including phenoxy) is 1. The van der Waals surface area contributed by atoms with E-state index in [-0.39, 0.29) is 0 Å². The average Bonchev–Trinajstić information content (AvgIpc) is 2.90. The fraction of sp³-hybridized carbons (Fsp3) is 0.125. The second kappa shape index (κ2) is 5.06. The van der Waals surface area contributed by atoms with Crippen molar-refractivity contribution in [2.75, 3.05) is 7.11 Å². The number of methoxy groups -OCH3 is 1. The lowest BCUT2D eigenvalue weighted by Crippen LogP contribution is -2.02. The van der Waals surface area contributed by atoms with Gasteiger partial charge in [-0.1, -0.05) is 24.3 Å². The van der Waals surface area contributed by atoms with E-state index >= 15 is 0 Å². The van der Waals surface area contributed by atoms with Gasteiger partial charge in [0.15, 0.2) is 0 Å². The van der Waals surface area contributed by atoms with Crippen LogP contribution in [-0.2, 0) is 6.54 Å². The third kappa shape index (κ3) is 2.10. The number of hydrogen-bond donors (Lipinski definition) is 0. The van der Waals surface area contributed by atoms with Crippen LogP contribution in [0.5, 0.6) is 5.75 Å². The average molecular weight is 263 g/mol. The van der Waals surface area contributed by atoms with Crippen molar-refractivity contribution in [2.24, 2.45) is 0 Å². The number of nitrogens with zero attached hydrogens (tertiary/aromatic N) is 3. The van der Waals surface area contributed by atoms with Crippen LogP contribution < -0.4 is 4.74 Å². The van der Waals surface area contributed by atoms with Gasteiger partial charge in [-0.25, -0.2) is 0 Å². The molecule has 0 amide bonds. The fourth-order valence-electron chi connectivity index (χ4n) is 2.25. The number of nitriles is 1. The molecule has 20 heavy (non-hydrogen) atoms. The number of hydrogen-bond acceptors (Lipinski definition) is 3. The van der Waals surface area contributed by atoms with Gasteiger partial charge in [-0.3, -0.25) is 4.68 Å². The zero-order valence-corrected chi connectivity index (χ0v) is 11.1. The van der Waals surface area contributed by atoms with Crippen LogP contribution in [0.4, 0.5) is 0 Å². The van der Waals surface area contributed by atoms with Gasteiger partial charge < -0.3 is 4.74 Å². The van der Waals surface area contributed by atoms with Gasteiger partial charge in [-0.2, -0.15) is 10.4 Å². The molecule has 0 N–H and O–H groups in total. The van der Waals surface area contributed by atoms with Crippen LogP contribution in [0.1, 0.15) is 11.1 Å². The van der Waals surface area contributed by atoms with E-state index in [1.807, 2.05) is 47.3 Å². The molecule has 4 nitrogen and oxygen atoms in total. The highest BCUT2D eigenvalue weighted by molar-refractivity contribution is 5.78. The maximum Gasteiger partial charge on any atom is 0.136 e. The molecule has 0 spiro atoms. The summed E-state index contributed by atoms with van der Waals surface area (Å²) in [6, 6.07) is 15.8. The summed E-state index contributed by atoms with van der Waals surface area (Å²) in [4.78, 5) is 0. The summed E-state index contributed by atoms with van der Waals surface area (Å²) in [5.41, 5.74) is 2.69. The highest BCUT2D eigenvalue weighted by Gasteiger charge is 2.06. The zero-order chi connectivity index (χ0) is 13.9. The Morgan fingerprint density at radius 3 is 2.90 bits per heavy atom. The molecule has 0 aliphatic carbocycles. The Kier molecular flexibility index (Phi) is 3.10. The molecule has 0 saturated heterocycles.